The second kappa shape index (κ2) is 6.51. The Hall–Kier alpha value is -0.890. The normalized spacial score (nSPS) is 19.2. The van der Waals surface area contributed by atoms with Gasteiger partial charge in [-0.3, -0.25) is 0 Å². The fourth-order valence-corrected chi connectivity index (χ4v) is 3.29. The van der Waals surface area contributed by atoms with Crippen molar-refractivity contribution in [3.63, 3.8) is 0 Å². The lowest BCUT2D eigenvalue weighted by molar-refractivity contribution is 0.392. The average Bonchev–Trinajstić information content (AvgIpc) is 2.64. The maximum atomic E-state index is 13.6. The zero-order valence-electron chi connectivity index (χ0n) is 12.2. The zero-order valence-corrected chi connectivity index (χ0v) is 12.2. The van der Waals surface area contributed by atoms with Crippen LogP contribution in [0.3, 0.4) is 0 Å². The van der Waals surface area contributed by atoms with E-state index in [1.165, 1.54) is 38.5 Å². The van der Waals surface area contributed by atoms with Gasteiger partial charge in [-0.2, -0.15) is 0 Å². The molecule has 0 aromatic heterocycles. The van der Waals surface area contributed by atoms with E-state index in [0.29, 0.717) is 11.1 Å². The smallest absolute Gasteiger partial charge is 0.129 e. The maximum absolute atomic E-state index is 13.6. The molecule has 0 radical (unpaired) electrons. The minimum absolute atomic E-state index is 0.0566. The summed E-state index contributed by atoms with van der Waals surface area (Å²) in [6.45, 7) is 3.65. The van der Waals surface area contributed by atoms with Gasteiger partial charge in [-0.05, 0) is 42.9 Å². The van der Waals surface area contributed by atoms with Gasteiger partial charge >= 0.3 is 0 Å². The van der Waals surface area contributed by atoms with Crippen LogP contribution in [0.25, 0.3) is 0 Å². The third kappa shape index (κ3) is 3.79. The molecule has 1 aliphatic carbocycles. The fourth-order valence-electron chi connectivity index (χ4n) is 3.29. The molecule has 0 heterocycles. The predicted molar refractivity (Wildman–Crippen MR) is 78.6 cm³/mol. The van der Waals surface area contributed by atoms with Gasteiger partial charge in [0.05, 0.1) is 0 Å². The molecule has 0 aliphatic heterocycles. The summed E-state index contributed by atoms with van der Waals surface area (Å²) in [5.41, 5.74) is 8.87. The Morgan fingerprint density at radius 3 is 2.16 bits per heavy atom. The molecule has 0 bridgehead atoms. The van der Waals surface area contributed by atoms with Gasteiger partial charge in [-0.25, -0.2) is 4.39 Å². The van der Waals surface area contributed by atoms with Crippen molar-refractivity contribution in [1.82, 2.24) is 0 Å². The second-order valence-corrected chi connectivity index (χ2v) is 6.17. The van der Waals surface area contributed by atoms with Crippen molar-refractivity contribution in [2.24, 2.45) is 11.7 Å². The largest absolute Gasteiger partial charge is 0.324 e. The van der Waals surface area contributed by atoms with Crippen LogP contribution >= 0.6 is 0 Å². The van der Waals surface area contributed by atoms with E-state index >= 15 is 0 Å². The lowest BCUT2D eigenvalue weighted by atomic mass is 9.89. The lowest BCUT2D eigenvalue weighted by Gasteiger charge is -2.20. The quantitative estimate of drug-likeness (QED) is 0.779. The van der Waals surface area contributed by atoms with Crippen molar-refractivity contribution in [2.75, 3.05) is 0 Å². The molecule has 19 heavy (non-hydrogen) atoms. The van der Waals surface area contributed by atoms with Gasteiger partial charge in [0.15, 0.2) is 0 Å². The predicted octanol–water partition coefficient (Wildman–Crippen LogP) is 4.80. The van der Waals surface area contributed by atoms with Crippen LogP contribution < -0.4 is 5.73 Å². The molecule has 0 amide bonds. The fraction of sp³-hybridized carbons (Fsp3) is 0.647. The molecule has 1 unspecified atom stereocenters. The molecule has 0 saturated heterocycles. The van der Waals surface area contributed by atoms with Crippen molar-refractivity contribution in [2.45, 2.75) is 64.8 Å². The van der Waals surface area contributed by atoms with E-state index in [2.05, 4.69) is 0 Å². The average molecular weight is 263 g/mol. The standard InChI is InChI=1S/C17H26FN/c1-12-9-15(10-13(2)17(12)18)16(19)11-14-7-5-3-4-6-8-14/h9-10,14,16H,3-8,11,19H2,1-2H3. The SMILES string of the molecule is Cc1cc(C(N)CC2CCCCCC2)cc(C)c1F. The summed E-state index contributed by atoms with van der Waals surface area (Å²) in [6.07, 6.45) is 9.11. The monoisotopic (exact) mass is 263 g/mol. The molecule has 2 rings (SSSR count). The third-order valence-corrected chi connectivity index (χ3v) is 4.45. The van der Waals surface area contributed by atoms with Crippen LogP contribution in [0.15, 0.2) is 12.1 Å². The molecule has 0 spiro atoms. The molecule has 1 atom stereocenters. The first-order valence-corrected chi connectivity index (χ1v) is 7.60. The molecule has 106 valence electrons. The topological polar surface area (TPSA) is 26.0 Å². The van der Waals surface area contributed by atoms with Crippen molar-refractivity contribution in [3.8, 4) is 0 Å². The van der Waals surface area contributed by atoms with E-state index in [0.717, 1.165) is 17.9 Å². The highest BCUT2D eigenvalue weighted by atomic mass is 19.1. The molecular formula is C17H26FN. The van der Waals surface area contributed by atoms with Crippen LogP contribution in [-0.2, 0) is 0 Å². The van der Waals surface area contributed by atoms with Gasteiger partial charge in [0.2, 0.25) is 0 Å². The van der Waals surface area contributed by atoms with Gasteiger partial charge in [0.1, 0.15) is 5.82 Å². The summed E-state index contributed by atoms with van der Waals surface area (Å²) < 4.78 is 13.6. The summed E-state index contributed by atoms with van der Waals surface area (Å²) in [5.74, 6) is 0.661. The van der Waals surface area contributed by atoms with Gasteiger partial charge < -0.3 is 5.73 Å². The Morgan fingerprint density at radius 1 is 1.11 bits per heavy atom. The zero-order chi connectivity index (χ0) is 13.8. The Balaban J connectivity index is 2.04. The number of benzene rings is 1. The molecule has 1 aromatic carbocycles. The van der Waals surface area contributed by atoms with E-state index in [-0.39, 0.29) is 11.9 Å². The van der Waals surface area contributed by atoms with E-state index in [4.69, 9.17) is 5.73 Å². The Labute approximate surface area is 116 Å². The summed E-state index contributed by atoms with van der Waals surface area (Å²) in [7, 11) is 0. The van der Waals surface area contributed by atoms with Crippen molar-refractivity contribution in [1.29, 1.82) is 0 Å². The van der Waals surface area contributed by atoms with Gasteiger partial charge in [0.25, 0.3) is 0 Å². The second-order valence-electron chi connectivity index (χ2n) is 6.17. The number of halogens is 1. The highest BCUT2D eigenvalue weighted by molar-refractivity contribution is 5.32. The molecule has 1 aromatic rings. The van der Waals surface area contributed by atoms with Crippen LogP contribution in [0.2, 0.25) is 0 Å². The van der Waals surface area contributed by atoms with Gasteiger partial charge in [-0.15, -0.1) is 0 Å². The van der Waals surface area contributed by atoms with Crippen LogP contribution in [-0.4, -0.2) is 0 Å². The maximum Gasteiger partial charge on any atom is 0.129 e. The van der Waals surface area contributed by atoms with Crippen molar-refractivity contribution >= 4 is 0 Å². The summed E-state index contributed by atoms with van der Waals surface area (Å²) in [6, 6.07) is 3.90. The van der Waals surface area contributed by atoms with E-state index < -0.39 is 0 Å². The number of rotatable bonds is 3. The summed E-state index contributed by atoms with van der Waals surface area (Å²) in [5, 5.41) is 0. The van der Waals surface area contributed by atoms with Crippen LogP contribution in [0, 0.1) is 25.6 Å². The summed E-state index contributed by atoms with van der Waals surface area (Å²) >= 11 is 0. The third-order valence-electron chi connectivity index (χ3n) is 4.45. The Kier molecular flexibility index (Phi) is 4.98. The number of nitrogens with two attached hydrogens (primary N) is 1. The number of hydrogen-bond donors (Lipinski definition) is 1. The molecule has 2 heteroatoms. The Bertz CT molecular complexity index is 396. The number of aryl methyl sites for hydroxylation is 2. The molecule has 1 saturated carbocycles. The number of hydrogen-bond acceptors (Lipinski definition) is 1. The van der Waals surface area contributed by atoms with Crippen molar-refractivity contribution in [3.05, 3.63) is 34.6 Å². The van der Waals surface area contributed by atoms with E-state index in [9.17, 15) is 4.39 Å². The van der Waals surface area contributed by atoms with Crippen molar-refractivity contribution < 1.29 is 4.39 Å². The minimum atomic E-state index is -0.0922. The molecule has 1 aliphatic rings. The van der Waals surface area contributed by atoms with E-state index in [1.807, 2.05) is 26.0 Å². The van der Waals surface area contributed by atoms with E-state index in [1.54, 1.807) is 0 Å². The van der Waals surface area contributed by atoms with Gasteiger partial charge in [0, 0.05) is 6.04 Å². The van der Waals surface area contributed by atoms with Crippen LogP contribution in [0.5, 0.6) is 0 Å². The lowest BCUT2D eigenvalue weighted by Crippen LogP contribution is -2.16. The minimum Gasteiger partial charge on any atom is -0.324 e. The molecule has 1 nitrogen and oxygen atoms in total. The first-order valence-electron chi connectivity index (χ1n) is 7.60. The van der Waals surface area contributed by atoms with Crippen LogP contribution in [0.1, 0.15) is 67.7 Å². The highest BCUT2D eigenvalue weighted by Gasteiger charge is 2.18. The molecule has 2 N–H and O–H groups in total. The molecule has 1 fully saturated rings. The first-order chi connectivity index (χ1) is 9.08. The Morgan fingerprint density at radius 2 is 1.63 bits per heavy atom. The molecular weight excluding hydrogens is 237 g/mol. The van der Waals surface area contributed by atoms with Gasteiger partial charge in [-0.1, -0.05) is 50.7 Å². The van der Waals surface area contributed by atoms with Crippen LogP contribution in [0.4, 0.5) is 4.39 Å². The highest BCUT2D eigenvalue weighted by Crippen LogP contribution is 2.31. The summed E-state index contributed by atoms with van der Waals surface area (Å²) in [4.78, 5) is 0. The first kappa shape index (κ1) is 14.5.